The predicted octanol–water partition coefficient (Wildman–Crippen LogP) is 3.68. The van der Waals surface area contributed by atoms with Gasteiger partial charge in [-0.1, -0.05) is 30.3 Å². The van der Waals surface area contributed by atoms with E-state index in [0.717, 1.165) is 5.69 Å². The van der Waals surface area contributed by atoms with Gasteiger partial charge in [0.05, 0.1) is 29.9 Å². The summed E-state index contributed by atoms with van der Waals surface area (Å²) < 4.78 is 12.3. The molecule has 1 aromatic heterocycles. The Morgan fingerprint density at radius 1 is 1.03 bits per heavy atom. The number of carbonyl (C=O) groups is 2. The highest BCUT2D eigenvalue weighted by atomic mass is 16.5. The normalized spacial score (nSPS) is 11.6. The van der Waals surface area contributed by atoms with Gasteiger partial charge in [0, 0.05) is 0 Å². The minimum Gasteiger partial charge on any atom is -0.495 e. The molecule has 0 unspecified atom stereocenters. The third-order valence-corrected chi connectivity index (χ3v) is 4.51. The molecule has 1 N–H and O–H groups in total. The fraction of sp³-hybridized carbons (Fsp3) is 0.227. The lowest BCUT2D eigenvalue weighted by Crippen LogP contribution is -2.30. The summed E-state index contributed by atoms with van der Waals surface area (Å²) >= 11 is 0. The number of hydrogen-bond acceptors (Lipinski definition) is 5. The molecule has 0 spiro atoms. The average molecular weight is 393 g/mol. The molecule has 0 aliphatic carbocycles. The zero-order valence-electron chi connectivity index (χ0n) is 16.8. The average Bonchev–Trinajstić information content (AvgIpc) is 3.03. The molecular weight excluding hydrogens is 370 g/mol. The van der Waals surface area contributed by atoms with Crippen molar-refractivity contribution in [2.45, 2.75) is 26.9 Å². The number of esters is 1. The number of aromatic nitrogens is 2. The van der Waals surface area contributed by atoms with Crippen molar-refractivity contribution in [3.05, 3.63) is 71.5 Å². The van der Waals surface area contributed by atoms with Crippen LogP contribution in [-0.2, 0) is 9.53 Å². The number of methoxy groups -OCH3 is 1. The van der Waals surface area contributed by atoms with Crippen LogP contribution in [0.15, 0.2) is 54.6 Å². The third kappa shape index (κ3) is 4.29. The van der Waals surface area contributed by atoms with E-state index in [4.69, 9.17) is 9.47 Å². The van der Waals surface area contributed by atoms with Crippen LogP contribution in [0.5, 0.6) is 5.75 Å². The molecule has 29 heavy (non-hydrogen) atoms. The van der Waals surface area contributed by atoms with Gasteiger partial charge in [-0.05, 0) is 45.0 Å². The van der Waals surface area contributed by atoms with Crippen molar-refractivity contribution in [1.82, 2.24) is 9.78 Å². The van der Waals surface area contributed by atoms with Crippen LogP contribution in [0.1, 0.15) is 28.7 Å². The van der Waals surface area contributed by atoms with Crippen molar-refractivity contribution >= 4 is 17.6 Å². The number of amides is 1. The Balaban J connectivity index is 1.75. The van der Waals surface area contributed by atoms with Crippen LogP contribution in [0.2, 0.25) is 0 Å². The number of para-hydroxylation sites is 3. The van der Waals surface area contributed by atoms with Crippen molar-refractivity contribution in [3.8, 4) is 11.4 Å². The lowest BCUT2D eigenvalue weighted by Gasteiger charge is -2.15. The highest BCUT2D eigenvalue weighted by molar-refractivity contribution is 5.98. The second-order valence-electron chi connectivity index (χ2n) is 6.53. The van der Waals surface area contributed by atoms with Gasteiger partial charge >= 0.3 is 5.97 Å². The number of aryl methyl sites for hydroxylation is 1. The van der Waals surface area contributed by atoms with Gasteiger partial charge in [-0.3, -0.25) is 4.79 Å². The summed E-state index contributed by atoms with van der Waals surface area (Å²) in [5, 5.41) is 7.16. The zero-order chi connectivity index (χ0) is 21.0. The first-order valence-electron chi connectivity index (χ1n) is 9.19. The lowest BCUT2D eigenvalue weighted by molar-refractivity contribution is -0.123. The van der Waals surface area contributed by atoms with Crippen LogP contribution >= 0.6 is 0 Å². The zero-order valence-corrected chi connectivity index (χ0v) is 16.8. The smallest absolute Gasteiger partial charge is 0.342 e. The van der Waals surface area contributed by atoms with Crippen molar-refractivity contribution in [3.63, 3.8) is 0 Å². The van der Waals surface area contributed by atoms with Crippen molar-refractivity contribution in [2.24, 2.45) is 0 Å². The van der Waals surface area contributed by atoms with Crippen molar-refractivity contribution < 1.29 is 19.1 Å². The molecule has 0 saturated heterocycles. The first-order chi connectivity index (χ1) is 13.9. The van der Waals surface area contributed by atoms with E-state index in [9.17, 15) is 9.59 Å². The number of benzene rings is 2. The Kier molecular flexibility index (Phi) is 5.97. The summed E-state index contributed by atoms with van der Waals surface area (Å²) in [6.45, 7) is 5.06. The number of nitrogens with one attached hydrogen (secondary N) is 1. The van der Waals surface area contributed by atoms with E-state index in [0.29, 0.717) is 28.4 Å². The summed E-state index contributed by atoms with van der Waals surface area (Å²) in [5.41, 5.74) is 2.89. The maximum atomic E-state index is 12.7. The maximum Gasteiger partial charge on any atom is 0.342 e. The molecule has 0 radical (unpaired) electrons. The number of rotatable bonds is 6. The molecule has 2 aromatic carbocycles. The molecule has 1 atom stereocenters. The van der Waals surface area contributed by atoms with Crippen LogP contribution in [-0.4, -0.2) is 34.9 Å². The summed E-state index contributed by atoms with van der Waals surface area (Å²) in [7, 11) is 1.52. The van der Waals surface area contributed by atoms with Gasteiger partial charge in [0.15, 0.2) is 6.10 Å². The number of carbonyl (C=O) groups excluding carboxylic acids is 2. The Morgan fingerprint density at radius 3 is 2.38 bits per heavy atom. The quantitative estimate of drug-likeness (QED) is 0.646. The predicted molar refractivity (Wildman–Crippen MR) is 110 cm³/mol. The van der Waals surface area contributed by atoms with E-state index < -0.39 is 18.0 Å². The van der Waals surface area contributed by atoms with Gasteiger partial charge in [0.1, 0.15) is 11.3 Å². The summed E-state index contributed by atoms with van der Waals surface area (Å²) in [6.07, 6.45) is -0.994. The van der Waals surface area contributed by atoms with Crippen molar-refractivity contribution in [1.29, 1.82) is 0 Å². The molecule has 150 valence electrons. The molecule has 1 heterocycles. The largest absolute Gasteiger partial charge is 0.495 e. The van der Waals surface area contributed by atoms with Gasteiger partial charge in [0.25, 0.3) is 5.91 Å². The van der Waals surface area contributed by atoms with E-state index in [1.54, 1.807) is 42.8 Å². The topological polar surface area (TPSA) is 82.4 Å². The maximum absolute atomic E-state index is 12.7. The SMILES string of the molecule is COc1ccccc1NC(=O)[C@@H](C)OC(=O)c1c(C)nn(-c2ccccc2)c1C. The Morgan fingerprint density at radius 2 is 1.69 bits per heavy atom. The fourth-order valence-electron chi connectivity index (χ4n) is 3.01. The van der Waals surface area contributed by atoms with Gasteiger partial charge in [0.2, 0.25) is 0 Å². The molecular formula is C22H23N3O4. The molecule has 0 saturated carbocycles. The summed E-state index contributed by atoms with van der Waals surface area (Å²) in [4.78, 5) is 25.2. The molecule has 0 bridgehead atoms. The van der Waals surface area contributed by atoms with Gasteiger partial charge < -0.3 is 14.8 Å². The van der Waals surface area contributed by atoms with Gasteiger partial charge in [-0.2, -0.15) is 5.10 Å². The van der Waals surface area contributed by atoms with Gasteiger partial charge in [-0.25, -0.2) is 9.48 Å². The fourth-order valence-corrected chi connectivity index (χ4v) is 3.01. The minimum absolute atomic E-state index is 0.353. The monoisotopic (exact) mass is 393 g/mol. The first kappa shape index (κ1) is 20.1. The Labute approximate surface area is 169 Å². The standard InChI is InChI=1S/C22H23N3O4/c1-14-20(15(2)25(24-14)17-10-6-5-7-11-17)22(27)29-16(3)21(26)23-18-12-8-9-13-19(18)28-4/h5-13,16H,1-4H3,(H,23,26)/t16-/m1/s1. The second kappa shape index (κ2) is 8.60. The van der Waals surface area contributed by atoms with Crippen LogP contribution in [0.3, 0.4) is 0 Å². The molecule has 0 fully saturated rings. The number of ether oxygens (including phenoxy) is 2. The molecule has 3 aromatic rings. The van der Waals surface area contributed by atoms with E-state index in [2.05, 4.69) is 10.4 Å². The molecule has 7 nitrogen and oxygen atoms in total. The molecule has 1 amide bonds. The van der Waals surface area contributed by atoms with E-state index in [1.165, 1.54) is 14.0 Å². The highest BCUT2D eigenvalue weighted by Gasteiger charge is 2.25. The summed E-state index contributed by atoms with van der Waals surface area (Å²) in [6, 6.07) is 16.5. The number of hydrogen-bond donors (Lipinski definition) is 1. The third-order valence-electron chi connectivity index (χ3n) is 4.51. The Bertz CT molecular complexity index is 1030. The molecule has 3 rings (SSSR count). The lowest BCUT2D eigenvalue weighted by atomic mass is 10.2. The minimum atomic E-state index is -0.994. The van der Waals surface area contributed by atoms with Gasteiger partial charge in [-0.15, -0.1) is 0 Å². The van der Waals surface area contributed by atoms with Crippen LogP contribution in [0, 0.1) is 13.8 Å². The summed E-state index contributed by atoms with van der Waals surface area (Å²) in [5.74, 6) is -0.520. The van der Waals surface area contributed by atoms with Crippen LogP contribution < -0.4 is 10.1 Å². The van der Waals surface area contributed by atoms with Crippen LogP contribution in [0.25, 0.3) is 5.69 Å². The van der Waals surface area contributed by atoms with E-state index >= 15 is 0 Å². The number of nitrogens with zero attached hydrogens (tertiary/aromatic N) is 2. The second-order valence-corrected chi connectivity index (χ2v) is 6.53. The Hall–Kier alpha value is -3.61. The molecule has 0 aliphatic rings. The van der Waals surface area contributed by atoms with Crippen molar-refractivity contribution in [2.75, 3.05) is 12.4 Å². The van der Waals surface area contributed by atoms with E-state index in [-0.39, 0.29) is 0 Å². The molecule has 7 heteroatoms. The van der Waals surface area contributed by atoms with E-state index in [1.807, 2.05) is 30.3 Å². The molecule has 0 aliphatic heterocycles. The first-order valence-corrected chi connectivity index (χ1v) is 9.19. The number of anilines is 1. The van der Waals surface area contributed by atoms with Crippen LogP contribution in [0.4, 0.5) is 5.69 Å². The highest BCUT2D eigenvalue weighted by Crippen LogP contribution is 2.24.